The average Bonchev–Trinajstić information content (AvgIpc) is 3.04. The van der Waals surface area contributed by atoms with Crippen LogP contribution in [0.1, 0.15) is 30.1 Å². The molecule has 1 heterocycles. The molecule has 0 amide bonds. The first-order valence-corrected chi connectivity index (χ1v) is 5.83. The van der Waals surface area contributed by atoms with Crippen LogP contribution < -0.4 is 0 Å². The van der Waals surface area contributed by atoms with Gasteiger partial charge in [0.15, 0.2) is 5.82 Å². The van der Waals surface area contributed by atoms with Gasteiger partial charge in [-0.2, -0.15) is 4.98 Å². The number of benzene rings is 1. The Bertz CT molecular complexity index is 564. The van der Waals surface area contributed by atoms with E-state index in [1.54, 1.807) is 19.2 Å². The van der Waals surface area contributed by atoms with E-state index in [9.17, 15) is 4.39 Å². The lowest BCUT2D eigenvalue weighted by molar-refractivity contribution is 0.174. The van der Waals surface area contributed by atoms with Crippen LogP contribution in [0.15, 0.2) is 28.8 Å². The highest BCUT2D eigenvalue weighted by atomic mass is 19.1. The van der Waals surface area contributed by atoms with E-state index in [1.807, 2.05) is 6.07 Å². The quantitative estimate of drug-likeness (QED) is 0.833. The summed E-state index contributed by atoms with van der Waals surface area (Å²) in [7, 11) is 1.57. The number of rotatable bonds is 4. The smallest absolute Gasteiger partial charge is 0.237 e. The third-order valence-electron chi connectivity index (χ3n) is 3.29. The summed E-state index contributed by atoms with van der Waals surface area (Å²) in [6, 6.07) is 6.74. The van der Waals surface area contributed by atoms with Crippen LogP contribution in [0.4, 0.5) is 4.39 Å². The Morgan fingerprint density at radius 1 is 1.39 bits per heavy atom. The highest BCUT2D eigenvalue weighted by molar-refractivity contribution is 5.39. The monoisotopic (exact) mass is 248 g/mol. The predicted octanol–water partition coefficient (Wildman–Crippen LogP) is 2.44. The maximum absolute atomic E-state index is 13.9. The second-order valence-electron chi connectivity index (χ2n) is 4.51. The van der Waals surface area contributed by atoms with Gasteiger partial charge >= 0.3 is 0 Å². The normalized spacial score (nSPS) is 16.8. The molecule has 0 aliphatic heterocycles. The highest BCUT2D eigenvalue weighted by Crippen LogP contribution is 2.53. The summed E-state index contributed by atoms with van der Waals surface area (Å²) < 4.78 is 24.0. The van der Waals surface area contributed by atoms with Crippen LogP contribution in [0, 0.1) is 5.82 Å². The Hall–Kier alpha value is -1.75. The summed E-state index contributed by atoms with van der Waals surface area (Å²) >= 11 is 0. The summed E-state index contributed by atoms with van der Waals surface area (Å²) in [5.41, 5.74) is 0.210. The van der Waals surface area contributed by atoms with Crippen molar-refractivity contribution in [2.24, 2.45) is 0 Å². The van der Waals surface area contributed by atoms with Gasteiger partial charge in [-0.25, -0.2) is 4.39 Å². The van der Waals surface area contributed by atoms with Gasteiger partial charge < -0.3 is 9.26 Å². The summed E-state index contributed by atoms with van der Waals surface area (Å²) in [5.74, 6) is 0.760. The first kappa shape index (κ1) is 11.3. The summed E-state index contributed by atoms with van der Waals surface area (Å²) in [6.07, 6.45) is 1.67. The molecule has 1 aliphatic carbocycles. The van der Waals surface area contributed by atoms with Crippen molar-refractivity contribution in [2.45, 2.75) is 24.9 Å². The number of hydrogen-bond donors (Lipinski definition) is 0. The van der Waals surface area contributed by atoms with Crippen molar-refractivity contribution >= 4 is 0 Å². The van der Waals surface area contributed by atoms with Crippen molar-refractivity contribution in [3.05, 3.63) is 47.4 Å². The van der Waals surface area contributed by atoms with Gasteiger partial charge in [0.25, 0.3) is 0 Å². The lowest BCUT2D eigenvalue weighted by atomic mass is 9.95. The molecule has 0 spiro atoms. The molecule has 0 N–H and O–H groups in total. The molecule has 94 valence electrons. The third-order valence-corrected chi connectivity index (χ3v) is 3.29. The summed E-state index contributed by atoms with van der Waals surface area (Å²) in [6.45, 7) is 0.302. The van der Waals surface area contributed by atoms with Crippen molar-refractivity contribution in [1.29, 1.82) is 0 Å². The Morgan fingerprint density at radius 3 is 2.83 bits per heavy atom. The molecule has 1 fully saturated rings. The first-order valence-electron chi connectivity index (χ1n) is 5.83. The lowest BCUT2D eigenvalue weighted by Gasteiger charge is -2.11. The maximum atomic E-state index is 13.9. The van der Waals surface area contributed by atoms with Crippen molar-refractivity contribution < 1.29 is 13.7 Å². The van der Waals surface area contributed by atoms with Gasteiger partial charge in [0.1, 0.15) is 12.4 Å². The van der Waals surface area contributed by atoms with E-state index < -0.39 is 5.41 Å². The Kier molecular flexibility index (Phi) is 2.63. The fourth-order valence-electron chi connectivity index (χ4n) is 2.21. The van der Waals surface area contributed by atoms with Crippen LogP contribution in [-0.4, -0.2) is 17.3 Å². The van der Waals surface area contributed by atoms with Crippen molar-refractivity contribution in [3.63, 3.8) is 0 Å². The number of aromatic nitrogens is 2. The van der Waals surface area contributed by atoms with Gasteiger partial charge in [0.05, 0.1) is 5.41 Å². The summed E-state index contributed by atoms with van der Waals surface area (Å²) in [4.78, 5) is 4.28. The minimum absolute atomic E-state index is 0.221. The van der Waals surface area contributed by atoms with Gasteiger partial charge in [-0.15, -0.1) is 0 Å². The zero-order valence-corrected chi connectivity index (χ0v) is 10.0. The van der Waals surface area contributed by atoms with Gasteiger partial charge in [-0.1, -0.05) is 23.4 Å². The van der Waals surface area contributed by atoms with Crippen LogP contribution in [-0.2, 0) is 16.8 Å². The van der Waals surface area contributed by atoms with Gasteiger partial charge in [-0.3, -0.25) is 0 Å². The molecule has 3 rings (SSSR count). The molecule has 4 nitrogen and oxygen atoms in total. The molecule has 1 aromatic heterocycles. The SMILES string of the molecule is COCc1noc(C2(c3ccccc3F)CC2)n1. The number of methoxy groups -OCH3 is 1. The molecule has 0 radical (unpaired) electrons. The van der Waals surface area contributed by atoms with Crippen LogP contribution >= 0.6 is 0 Å². The van der Waals surface area contributed by atoms with Gasteiger partial charge in [-0.05, 0) is 18.9 Å². The molecule has 0 unspecified atom stereocenters. The molecule has 0 atom stereocenters. The zero-order chi connectivity index (χ0) is 12.6. The van der Waals surface area contributed by atoms with Crippen molar-refractivity contribution in [2.75, 3.05) is 7.11 Å². The van der Waals surface area contributed by atoms with Crippen LogP contribution in [0.2, 0.25) is 0 Å². The fraction of sp³-hybridized carbons (Fsp3) is 0.385. The molecule has 0 saturated heterocycles. The molecule has 1 aromatic carbocycles. The van der Waals surface area contributed by atoms with Crippen molar-refractivity contribution in [1.82, 2.24) is 10.1 Å². The van der Waals surface area contributed by atoms with Gasteiger partial charge in [0.2, 0.25) is 5.89 Å². The van der Waals surface area contributed by atoms with Crippen LogP contribution in [0.5, 0.6) is 0 Å². The largest absolute Gasteiger partial charge is 0.377 e. The Labute approximate surface area is 104 Å². The molecule has 2 aromatic rings. The van der Waals surface area contributed by atoms with E-state index in [1.165, 1.54) is 6.07 Å². The zero-order valence-electron chi connectivity index (χ0n) is 10.0. The van der Waals surface area contributed by atoms with E-state index in [2.05, 4.69) is 10.1 Å². The molecular weight excluding hydrogens is 235 g/mol. The minimum atomic E-state index is -0.426. The second-order valence-corrected chi connectivity index (χ2v) is 4.51. The average molecular weight is 248 g/mol. The maximum Gasteiger partial charge on any atom is 0.237 e. The predicted molar refractivity (Wildman–Crippen MR) is 61.4 cm³/mol. The standard InChI is InChI=1S/C13H13FN2O2/c1-17-8-11-15-12(18-16-11)13(6-7-13)9-4-2-3-5-10(9)14/h2-5H,6-8H2,1H3. The topological polar surface area (TPSA) is 48.2 Å². The van der Waals surface area contributed by atoms with Crippen molar-refractivity contribution in [3.8, 4) is 0 Å². The second kappa shape index (κ2) is 4.17. The summed E-state index contributed by atoms with van der Waals surface area (Å²) in [5, 5.41) is 3.83. The van der Waals surface area contributed by atoms with Gasteiger partial charge in [0, 0.05) is 12.7 Å². The van der Waals surface area contributed by atoms with E-state index in [-0.39, 0.29) is 5.82 Å². The number of halogens is 1. The molecular formula is C13H13FN2O2. The Balaban J connectivity index is 1.97. The molecule has 18 heavy (non-hydrogen) atoms. The van der Waals surface area contributed by atoms with E-state index in [0.29, 0.717) is 23.9 Å². The van der Waals surface area contributed by atoms with E-state index in [4.69, 9.17) is 9.26 Å². The number of hydrogen-bond acceptors (Lipinski definition) is 4. The Morgan fingerprint density at radius 2 is 2.17 bits per heavy atom. The molecule has 1 aliphatic rings. The molecule has 5 heteroatoms. The molecule has 1 saturated carbocycles. The first-order chi connectivity index (χ1) is 8.76. The van der Waals surface area contributed by atoms with E-state index >= 15 is 0 Å². The van der Waals surface area contributed by atoms with Crippen LogP contribution in [0.3, 0.4) is 0 Å². The number of ether oxygens (including phenoxy) is 1. The lowest BCUT2D eigenvalue weighted by Crippen LogP contribution is -2.11. The third kappa shape index (κ3) is 1.71. The fourth-order valence-corrected chi connectivity index (χ4v) is 2.21. The van der Waals surface area contributed by atoms with E-state index in [0.717, 1.165) is 12.8 Å². The minimum Gasteiger partial charge on any atom is -0.377 e. The van der Waals surface area contributed by atoms with Crippen LogP contribution in [0.25, 0.3) is 0 Å². The molecule has 0 bridgehead atoms. The highest BCUT2D eigenvalue weighted by Gasteiger charge is 2.52. The number of nitrogens with zero attached hydrogens (tertiary/aromatic N) is 2.